The summed E-state index contributed by atoms with van der Waals surface area (Å²) in [4.78, 5) is 20.7. The molecule has 8 heteroatoms. The standard InChI is InChI=1S/C21H14ClFN4OS/c22-15-10-14(7-8-16(15)23)26-21-20-17(24-12-25-21)11-19(29-20)27-18(28)9-6-13-4-2-1-3-5-13/h1-12H,(H,27,28)(H,24,25,26)/b9-6+. The molecule has 0 saturated carbocycles. The third-order valence-corrected chi connectivity index (χ3v) is 5.30. The number of benzene rings is 2. The monoisotopic (exact) mass is 424 g/mol. The van der Waals surface area contributed by atoms with E-state index in [0.29, 0.717) is 22.0 Å². The van der Waals surface area contributed by atoms with E-state index in [0.717, 1.165) is 10.3 Å². The first-order chi connectivity index (χ1) is 14.1. The molecule has 0 unspecified atom stereocenters. The summed E-state index contributed by atoms with van der Waals surface area (Å²) in [6, 6.07) is 15.7. The Balaban J connectivity index is 1.53. The highest BCUT2D eigenvalue weighted by Crippen LogP contribution is 2.34. The summed E-state index contributed by atoms with van der Waals surface area (Å²) in [6.45, 7) is 0. The van der Waals surface area contributed by atoms with E-state index in [9.17, 15) is 9.18 Å². The van der Waals surface area contributed by atoms with Crippen molar-refractivity contribution in [3.05, 3.63) is 83.4 Å². The summed E-state index contributed by atoms with van der Waals surface area (Å²) in [5, 5.41) is 6.61. The molecule has 2 aromatic carbocycles. The van der Waals surface area contributed by atoms with Crippen LogP contribution in [-0.4, -0.2) is 15.9 Å². The number of aromatic nitrogens is 2. The molecule has 0 spiro atoms. The van der Waals surface area contributed by atoms with Crippen molar-refractivity contribution in [2.24, 2.45) is 0 Å². The molecule has 0 aliphatic rings. The Hall–Kier alpha value is -3.29. The van der Waals surface area contributed by atoms with Crippen LogP contribution in [0.2, 0.25) is 5.02 Å². The molecular formula is C21H14ClFN4OS. The van der Waals surface area contributed by atoms with Gasteiger partial charge in [0.05, 0.1) is 20.2 Å². The Bertz CT molecular complexity index is 1210. The minimum absolute atomic E-state index is 0.0182. The quantitative estimate of drug-likeness (QED) is 0.392. The molecule has 5 nitrogen and oxygen atoms in total. The second-order valence-electron chi connectivity index (χ2n) is 6.03. The number of nitrogens with one attached hydrogen (secondary N) is 2. The fourth-order valence-corrected chi connectivity index (χ4v) is 3.75. The second-order valence-corrected chi connectivity index (χ2v) is 7.49. The van der Waals surface area contributed by atoms with Gasteiger partial charge in [-0.1, -0.05) is 41.9 Å². The van der Waals surface area contributed by atoms with Crippen molar-refractivity contribution in [2.75, 3.05) is 10.6 Å². The lowest BCUT2D eigenvalue weighted by molar-refractivity contribution is -0.111. The topological polar surface area (TPSA) is 66.9 Å². The lowest BCUT2D eigenvalue weighted by Crippen LogP contribution is -2.05. The smallest absolute Gasteiger partial charge is 0.248 e. The maximum Gasteiger partial charge on any atom is 0.248 e. The van der Waals surface area contributed by atoms with Crippen molar-refractivity contribution in [1.29, 1.82) is 0 Å². The van der Waals surface area contributed by atoms with Gasteiger partial charge in [0.15, 0.2) is 5.82 Å². The lowest BCUT2D eigenvalue weighted by atomic mass is 10.2. The van der Waals surface area contributed by atoms with Crippen molar-refractivity contribution in [2.45, 2.75) is 0 Å². The molecule has 0 fully saturated rings. The first-order valence-electron chi connectivity index (χ1n) is 8.59. The van der Waals surface area contributed by atoms with Crippen molar-refractivity contribution in [3.8, 4) is 0 Å². The van der Waals surface area contributed by atoms with E-state index in [1.165, 1.54) is 35.9 Å². The zero-order valence-electron chi connectivity index (χ0n) is 14.9. The van der Waals surface area contributed by atoms with Crippen LogP contribution in [-0.2, 0) is 4.79 Å². The van der Waals surface area contributed by atoms with Gasteiger partial charge in [0.2, 0.25) is 5.91 Å². The Morgan fingerprint density at radius 3 is 2.72 bits per heavy atom. The average molecular weight is 425 g/mol. The number of thiophene rings is 1. The van der Waals surface area contributed by atoms with Gasteiger partial charge in [-0.25, -0.2) is 14.4 Å². The van der Waals surface area contributed by atoms with Gasteiger partial charge in [-0.15, -0.1) is 11.3 Å². The molecule has 4 aromatic rings. The van der Waals surface area contributed by atoms with Crippen LogP contribution in [0.4, 0.5) is 20.9 Å². The summed E-state index contributed by atoms with van der Waals surface area (Å²) < 4.78 is 14.1. The van der Waals surface area contributed by atoms with Gasteiger partial charge in [-0.2, -0.15) is 0 Å². The molecule has 144 valence electrons. The van der Waals surface area contributed by atoms with Gasteiger partial charge in [-0.05, 0) is 35.9 Å². The molecule has 2 heterocycles. The van der Waals surface area contributed by atoms with Crippen molar-refractivity contribution in [1.82, 2.24) is 9.97 Å². The Labute approximate surface area is 174 Å². The summed E-state index contributed by atoms with van der Waals surface area (Å²) in [6.07, 6.45) is 4.64. The molecule has 0 radical (unpaired) electrons. The molecule has 4 rings (SSSR count). The van der Waals surface area contributed by atoms with Crippen molar-refractivity contribution >= 4 is 61.6 Å². The molecule has 0 bridgehead atoms. The van der Waals surface area contributed by atoms with E-state index in [2.05, 4.69) is 20.6 Å². The van der Waals surface area contributed by atoms with E-state index in [1.54, 1.807) is 18.2 Å². The highest BCUT2D eigenvalue weighted by molar-refractivity contribution is 7.23. The van der Waals surface area contributed by atoms with E-state index >= 15 is 0 Å². The number of halogens is 2. The number of fused-ring (bicyclic) bond motifs is 1. The molecular weight excluding hydrogens is 411 g/mol. The highest BCUT2D eigenvalue weighted by atomic mass is 35.5. The molecule has 0 atom stereocenters. The van der Waals surface area contributed by atoms with Crippen LogP contribution in [0, 0.1) is 5.82 Å². The normalized spacial score (nSPS) is 11.1. The number of hydrogen-bond donors (Lipinski definition) is 2. The van der Waals surface area contributed by atoms with Crippen LogP contribution in [0.1, 0.15) is 5.56 Å². The number of carbonyl (C=O) groups is 1. The number of amides is 1. The summed E-state index contributed by atoms with van der Waals surface area (Å²) >= 11 is 7.17. The van der Waals surface area contributed by atoms with Gasteiger partial charge in [0.1, 0.15) is 12.1 Å². The van der Waals surface area contributed by atoms with E-state index < -0.39 is 5.82 Å². The fourth-order valence-electron chi connectivity index (χ4n) is 2.61. The van der Waals surface area contributed by atoms with Crippen LogP contribution in [0.15, 0.2) is 67.0 Å². The molecule has 0 saturated heterocycles. The zero-order valence-corrected chi connectivity index (χ0v) is 16.5. The van der Waals surface area contributed by atoms with Crippen LogP contribution in [0.5, 0.6) is 0 Å². The molecule has 2 N–H and O–H groups in total. The lowest BCUT2D eigenvalue weighted by Gasteiger charge is -2.06. The summed E-state index contributed by atoms with van der Waals surface area (Å²) in [7, 11) is 0. The second kappa shape index (κ2) is 8.38. The third-order valence-electron chi connectivity index (χ3n) is 3.97. The first-order valence-corrected chi connectivity index (χ1v) is 9.79. The first kappa shape index (κ1) is 19.0. The summed E-state index contributed by atoms with van der Waals surface area (Å²) in [5.41, 5.74) is 2.22. The summed E-state index contributed by atoms with van der Waals surface area (Å²) in [5.74, 6) is -0.189. The van der Waals surface area contributed by atoms with Crippen LogP contribution >= 0.6 is 22.9 Å². The van der Waals surface area contributed by atoms with Crippen LogP contribution in [0.3, 0.4) is 0 Å². The fraction of sp³-hybridized carbons (Fsp3) is 0. The third kappa shape index (κ3) is 4.59. The minimum atomic E-state index is -0.491. The molecule has 0 aliphatic heterocycles. The molecule has 0 aliphatic carbocycles. The highest BCUT2D eigenvalue weighted by Gasteiger charge is 2.11. The largest absolute Gasteiger partial charge is 0.339 e. The van der Waals surface area contributed by atoms with Crippen LogP contribution < -0.4 is 10.6 Å². The van der Waals surface area contributed by atoms with Gasteiger partial charge in [-0.3, -0.25) is 4.79 Å². The number of anilines is 3. The molecule has 1 amide bonds. The maximum absolute atomic E-state index is 13.4. The predicted molar refractivity (Wildman–Crippen MR) is 116 cm³/mol. The minimum Gasteiger partial charge on any atom is -0.339 e. The Kier molecular flexibility index (Phi) is 5.50. The van der Waals surface area contributed by atoms with Crippen molar-refractivity contribution in [3.63, 3.8) is 0 Å². The number of carbonyl (C=O) groups excluding carboxylic acids is 1. The molecule has 29 heavy (non-hydrogen) atoms. The van der Waals surface area contributed by atoms with E-state index in [1.807, 2.05) is 30.3 Å². The van der Waals surface area contributed by atoms with Crippen molar-refractivity contribution < 1.29 is 9.18 Å². The maximum atomic E-state index is 13.4. The van der Waals surface area contributed by atoms with E-state index in [4.69, 9.17) is 11.6 Å². The number of hydrogen-bond acceptors (Lipinski definition) is 5. The SMILES string of the molecule is O=C(/C=C/c1ccccc1)Nc1cc2ncnc(Nc3ccc(F)c(Cl)c3)c2s1. The van der Waals surface area contributed by atoms with Gasteiger partial charge >= 0.3 is 0 Å². The van der Waals surface area contributed by atoms with E-state index in [-0.39, 0.29) is 10.9 Å². The Morgan fingerprint density at radius 1 is 1.10 bits per heavy atom. The average Bonchev–Trinajstić information content (AvgIpc) is 3.13. The van der Waals surface area contributed by atoms with Crippen LogP contribution in [0.25, 0.3) is 16.3 Å². The number of nitrogens with zero attached hydrogens (tertiary/aromatic N) is 2. The Morgan fingerprint density at radius 2 is 1.93 bits per heavy atom. The van der Waals surface area contributed by atoms with Gasteiger partial charge < -0.3 is 10.6 Å². The van der Waals surface area contributed by atoms with Gasteiger partial charge in [0, 0.05) is 11.8 Å². The predicted octanol–water partition coefficient (Wildman–Crippen LogP) is 5.88. The zero-order chi connectivity index (χ0) is 20.2. The number of rotatable bonds is 5. The van der Waals surface area contributed by atoms with Gasteiger partial charge in [0.25, 0.3) is 0 Å². The molecule has 2 aromatic heterocycles.